The van der Waals surface area contributed by atoms with Crippen LogP contribution in [0.5, 0.6) is 0 Å². The highest BCUT2D eigenvalue weighted by molar-refractivity contribution is 5.65. The van der Waals surface area contributed by atoms with Gasteiger partial charge >= 0.3 is 5.97 Å². The molecule has 8 atom stereocenters. The Morgan fingerprint density at radius 3 is 2.45 bits per heavy atom. The number of hydrogen-bond donors (Lipinski definition) is 4. The average molecular weight is 443 g/mol. The van der Waals surface area contributed by atoms with Crippen LogP contribution in [-0.4, -0.2) is 75.9 Å². The van der Waals surface area contributed by atoms with E-state index in [1.165, 1.54) is 6.92 Å². The molecule has 1 heterocycles. The molecular formula is C23H38O8. The van der Waals surface area contributed by atoms with Crippen LogP contribution in [0.2, 0.25) is 0 Å². The third-order valence-corrected chi connectivity index (χ3v) is 6.22. The predicted octanol–water partition coefficient (Wildman–Crippen LogP) is 1.45. The van der Waals surface area contributed by atoms with Crippen molar-refractivity contribution in [3.8, 4) is 0 Å². The minimum absolute atomic E-state index is 0.0451. The van der Waals surface area contributed by atoms with Gasteiger partial charge in [0.25, 0.3) is 0 Å². The van der Waals surface area contributed by atoms with Gasteiger partial charge in [-0.05, 0) is 50.0 Å². The van der Waals surface area contributed by atoms with Crippen LogP contribution in [0, 0.1) is 11.8 Å². The molecule has 1 aliphatic heterocycles. The number of carbonyl (C=O) groups is 1. The van der Waals surface area contributed by atoms with Crippen LogP contribution < -0.4 is 0 Å². The molecule has 0 aromatic heterocycles. The van der Waals surface area contributed by atoms with E-state index in [2.05, 4.69) is 20.4 Å². The topological polar surface area (TPSA) is 126 Å². The van der Waals surface area contributed by atoms with E-state index < -0.39 is 48.9 Å². The van der Waals surface area contributed by atoms with Crippen molar-refractivity contribution < 1.29 is 39.4 Å². The quantitative estimate of drug-likeness (QED) is 0.372. The lowest BCUT2D eigenvalue weighted by molar-refractivity contribution is -0.312. The number of aliphatic hydroxyl groups is 4. The summed E-state index contributed by atoms with van der Waals surface area (Å²) in [5, 5.41) is 41.3. The fraction of sp³-hybridized carbons (Fsp3) is 0.783. The molecular weight excluding hydrogens is 404 g/mol. The summed E-state index contributed by atoms with van der Waals surface area (Å²) in [4.78, 5) is 11.1. The standard InChI is InChI=1S/C23H38O8/c1-12(2)16-8-7-14(4)17(25)9-6-13(3)10-18(16)30-23-22(28)21(27)20(26)19(31-23)11-29-15(5)24/h10,12,16-23,25-28H,4,6-9,11H2,1-3,5H3/b13-10+/t16-,17-,18-,19+,20-,21-,22-,23+/m1/s1. The first-order valence-electron chi connectivity index (χ1n) is 11.0. The van der Waals surface area contributed by atoms with Gasteiger partial charge in [-0.25, -0.2) is 0 Å². The molecule has 0 unspecified atom stereocenters. The van der Waals surface area contributed by atoms with Crippen molar-refractivity contribution in [3.05, 3.63) is 23.8 Å². The first kappa shape index (κ1) is 26.0. The maximum absolute atomic E-state index is 11.1. The summed E-state index contributed by atoms with van der Waals surface area (Å²) in [5.41, 5.74) is 1.83. The van der Waals surface area contributed by atoms with Gasteiger partial charge in [0, 0.05) is 6.92 Å². The minimum atomic E-state index is -1.50. The summed E-state index contributed by atoms with van der Waals surface area (Å²) in [7, 11) is 0. The van der Waals surface area contributed by atoms with E-state index in [1.54, 1.807) is 0 Å². The summed E-state index contributed by atoms with van der Waals surface area (Å²) in [5.74, 6) is -0.266. The molecule has 0 saturated carbocycles. The zero-order chi connectivity index (χ0) is 23.3. The Labute approximate surface area is 184 Å². The Morgan fingerprint density at radius 2 is 1.84 bits per heavy atom. The fourth-order valence-corrected chi connectivity index (χ4v) is 4.11. The first-order valence-corrected chi connectivity index (χ1v) is 11.0. The van der Waals surface area contributed by atoms with Crippen molar-refractivity contribution in [3.63, 3.8) is 0 Å². The van der Waals surface area contributed by atoms with Crippen LogP contribution in [0.25, 0.3) is 0 Å². The molecule has 0 aromatic carbocycles. The molecule has 0 aromatic rings. The summed E-state index contributed by atoms with van der Waals surface area (Å²) >= 11 is 0. The van der Waals surface area contributed by atoms with E-state index in [-0.39, 0.29) is 18.4 Å². The second kappa shape index (κ2) is 11.5. The van der Waals surface area contributed by atoms with E-state index >= 15 is 0 Å². The van der Waals surface area contributed by atoms with E-state index in [0.717, 1.165) is 17.6 Å². The van der Waals surface area contributed by atoms with Crippen LogP contribution in [0.15, 0.2) is 23.8 Å². The van der Waals surface area contributed by atoms with Crippen molar-refractivity contribution in [2.24, 2.45) is 11.8 Å². The summed E-state index contributed by atoms with van der Waals surface area (Å²) < 4.78 is 16.8. The highest BCUT2D eigenvalue weighted by Crippen LogP contribution is 2.33. The maximum Gasteiger partial charge on any atom is 0.302 e. The number of ether oxygens (including phenoxy) is 3. The molecule has 0 bridgehead atoms. The Kier molecular flexibility index (Phi) is 9.66. The monoisotopic (exact) mass is 442 g/mol. The molecule has 0 amide bonds. The highest BCUT2D eigenvalue weighted by Gasteiger charge is 2.46. The van der Waals surface area contributed by atoms with E-state index in [4.69, 9.17) is 14.2 Å². The fourth-order valence-electron chi connectivity index (χ4n) is 4.11. The number of hydrogen-bond acceptors (Lipinski definition) is 8. The van der Waals surface area contributed by atoms with Gasteiger partial charge in [0.05, 0.1) is 12.2 Å². The largest absolute Gasteiger partial charge is 0.463 e. The van der Waals surface area contributed by atoms with Gasteiger partial charge in [0.1, 0.15) is 31.0 Å². The molecule has 2 rings (SSSR count). The summed E-state index contributed by atoms with van der Waals surface area (Å²) in [6.07, 6.45) is -2.93. The lowest BCUT2D eigenvalue weighted by Gasteiger charge is -2.42. The Morgan fingerprint density at radius 1 is 1.16 bits per heavy atom. The Balaban J connectivity index is 2.24. The molecule has 178 valence electrons. The minimum Gasteiger partial charge on any atom is -0.463 e. The number of allylic oxidation sites excluding steroid dienone is 1. The third kappa shape index (κ3) is 7.10. The highest BCUT2D eigenvalue weighted by atomic mass is 16.7. The normalized spacial score (nSPS) is 39.6. The predicted molar refractivity (Wildman–Crippen MR) is 114 cm³/mol. The Hall–Kier alpha value is -1.29. The van der Waals surface area contributed by atoms with Crippen LogP contribution in [0.4, 0.5) is 0 Å². The molecule has 1 aliphatic carbocycles. The lowest BCUT2D eigenvalue weighted by atomic mass is 9.82. The zero-order valence-corrected chi connectivity index (χ0v) is 18.9. The van der Waals surface area contributed by atoms with Crippen LogP contribution in [0.1, 0.15) is 53.4 Å². The van der Waals surface area contributed by atoms with Crippen molar-refractivity contribution in [1.29, 1.82) is 0 Å². The van der Waals surface area contributed by atoms with E-state index in [0.29, 0.717) is 19.3 Å². The maximum atomic E-state index is 11.1. The van der Waals surface area contributed by atoms with Crippen LogP contribution >= 0.6 is 0 Å². The SMILES string of the molecule is C=C1CC[C@H](C(C)C)[C@H](O[C@H]2O[C@@H](COC(C)=O)[C@@H](O)[C@@H](O)[C@H]2O)/C=C(\C)CC[C@H]1O. The van der Waals surface area contributed by atoms with Crippen LogP contribution in [0.3, 0.4) is 0 Å². The molecule has 8 nitrogen and oxygen atoms in total. The van der Waals surface area contributed by atoms with Crippen LogP contribution in [-0.2, 0) is 19.0 Å². The first-order chi connectivity index (χ1) is 14.5. The van der Waals surface area contributed by atoms with E-state index in [9.17, 15) is 25.2 Å². The van der Waals surface area contributed by atoms with Gasteiger partial charge in [0.15, 0.2) is 6.29 Å². The van der Waals surface area contributed by atoms with Crippen molar-refractivity contribution >= 4 is 5.97 Å². The van der Waals surface area contributed by atoms with Gasteiger partial charge in [-0.1, -0.05) is 32.1 Å². The van der Waals surface area contributed by atoms with Gasteiger partial charge in [-0.15, -0.1) is 0 Å². The second-order valence-electron chi connectivity index (χ2n) is 9.09. The van der Waals surface area contributed by atoms with Crippen molar-refractivity contribution in [2.75, 3.05) is 6.61 Å². The Bertz CT molecular complexity index is 645. The van der Waals surface area contributed by atoms with Gasteiger partial charge in [-0.3, -0.25) is 4.79 Å². The van der Waals surface area contributed by atoms with Crippen molar-refractivity contribution in [1.82, 2.24) is 0 Å². The van der Waals surface area contributed by atoms with Crippen molar-refractivity contribution in [2.45, 2.75) is 96.3 Å². The average Bonchev–Trinajstić information content (AvgIpc) is 2.70. The molecule has 0 radical (unpaired) electrons. The van der Waals surface area contributed by atoms with E-state index in [1.807, 2.05) is 13.0 Å². The zero-order valence-electron chi connectivity index (χ0n) is 18.9. The smallest absolute Gasteiger partial charge is 0.302 e. The second-order valence-corrected chi connectivity index (χ2v) is 9.09. The molecule has 2 aliphatic rings. The third-order valence-electron chi connectivity index (χ3n) is 6.22. The number of esters is 1. The van der Waals surface area contributed by atoms with Gasteiger partial charge < -0.3 is 34.6 Å². The van der Waals surface area contributed by atoms with Gasteiger partial charge in [-0.2, -0.15) is 0 Å². The molecule has 0 spiro atoms. The molecule has 31 heavy (non-hydrogen) atoms. The van der Waals surface area contributed by atoms with Gasteiger partial charge in [0.2, 0.25) is 0 Å². The number of carbonyl (C=O) groups excluding carboxylic acids is 1. The summed E-state index contributed by atoms with van der Waals surface area (Å²) in [6.45, 7) is 11.1. The molecule has 4 N–H and O–H groups in total. The molecule has 8 heteroatoms. The molecule has 1 fully saturated rings. The number of aliphatic hydroxyl groups excluding tert-OH is 4. The number of rotatable bonds is 5. The summed E-state index contributed by atoms with van der Waals surface area (Å²) in [6, 6.07) is 0. The lowest BCUT2D eigenvalue weighted by Crippen LogP contribution is -2.60. The molecule has 1 saturated heterocycles.